The summed E-state index contributed by atoms with van der Waals surface area (Å²) in [5, 5.41) is 0. The van der Waals surface area contributed by atoms with Gasteiger partial charge in [0, 0.05) is 12.2 Å². The van der Waals surface area contributed by atoms with Crippen LogP contribution in [0.4, 0.5) is 13.2 Å². The molecule has 0 saturated carbocycles. The molecule has 2 rings (SSSR count). The van der Waals surface area contributed by atoms with Crippen molar-refractivity contribution >= 4 is 0 Å². The van der Waals surface area contributed by atoms with Gasteiger partial charge in [0.2, 0.25) is 0 Å². The fourth-order valence-corrected chi connectivity index (χ4v) is 2.54. The molecule has 2 unspecified atom stereocenters. The van der Waals surface area contributed by atoms with Gasteiger partial charge in [-0.2, -0.15) is 0 Å². The van der Waals surface area contributed by atoms with Gasteiger partial charge in [-0.1, -0.05) is 6.07 Å². The first-order chi connectivity index (χ1) is 8.99. The van der Waals surface area contributed by atoms with Gasteiger partial charge in [0.15, 0.2) is 17.5 Å². The summed E-state index contributed by atoms with van der Waals surface area (Å²) >= 11 is 0. The number of nitrogens with two attached hydrogens (primary N) is 1. The predicted molar refractivity (Wildman–Crippen MR) is 64.6 cm³/mol. The second kappa shape index (κ2) is 5.48. The van der Waals surface area contributed by atoms with Crippen molar-refractivity contribution in [3.8, 4) is 0 Å². The third-order valence-electron chi connectivity index (χ3n) is 3.65. The van der Waals surface area contributed by atoms with Crippen LogP contribution < -0.4 is 11.3 Å². The Bertz CT molecular complexity index is 461. The Hall–Kier alpha value is -1.11. The fraction of sp³-hybridized carbons (Fsp3) is 0.538. The lowest BCUT2D eigenvalue weighted by Crippen LogP contribution is -2.48. The highest BCUT2D eigenvalue weighted by Crippen LogP contribution is 2.37. The van der Waals surface area contributed by atoms with Crippen LogP contribution >= 0.6 is 0 Å². The highest BCUT2D eigenvalue weighted by molar-refractivity contribution is 5.26. The van der Waals surface area contributed by atoms with Crippen LogP contribution in [0, 0.1) is 17.5 Å². The van der Waals surface area contributed by atoms with Gasteiger partial charge in [-0.25, -0.2) is 18.6 Å². The van der Waals surface area contributed by atoms with Crippen LogP contribution in [0.15, 0.2) is 12.1 Å². The molecule has 3 N–H and O–H groups in total. The standard InChI is InChI=1S/C13H17F3N2O/c1-13(6-2-3-7-19-13)12(18-17)8-4-5-9(14)11(16)10(8)15/h4-5,12,18H,2-3,6-7,17H2,1H3. The van der Waals surface area contributed by atoms with Gasteiger partial charge >= 0.3 is 0 Å². The van der Waals surface area contributed by atoms with E-state index in [1.807, 2.05) is 0 Å². The van der Waals surface area contributed by atoms with Crippen LogP contribution in [0.25, 0.3) is 0 Å². The quantitative estimate of drug-likeness (QED) is 0.506. The third-order valence-corrected chi connectivity index (χ3v) is 3.65. The molecule has 0 amide bonds. The summed E-state index contributed by atoms with van der Waals surface area (Å²) < 4.78 is 45.8. The molecule has 1 aliphatic heterocycles. The predicted octanol–water partition coefficient (Wildman–Crippen LogP) is 2.57. The minimum absolute atomic E-state index is 0.0224. The van der Waals surface area contributed by atoms with Crippen molar-refractivity contribution in [1.29, 1.82) is 0 Å². The highest BCUT2D eigenvalue weighted by Gasteiger charge is 2.39. The van der Waals surface area contributed by atoms with E-state index in [0.717, 1.165) is 18.9 Å². The van der Waals surface area contributed by atoms with E-state index in [0.29, 0.717) is 13.0 Å². The van der Waals surface area contributed by atoms with E-state index in [4.69, 9.17) is 10.6 Å². The van der Waals surface area contributed by atoms with Crippen LogP contribution in [-0.4, -0.2) is 12.2 Å². The summed E-state index contributed by atoms with van der Waals surface area (Å²) in [6.45, 7) is 2.33. The van der Waals surface area contributed by atoms with Crippen LogP contribution in [0.3, 0.4) is 0 Å². The molecule has 2 atom stereocenters. The Morgan fingerprint density at radius 3 is 2.58 bits per heavy atom. The molecule has 0 bridgehead atoms. The zero-order valence-corrected chi connectivity index (χ0v) is 10.7. The van der Waals surface area contributed by atoms with Crippen molar-refractivity contribution in [3.63, 3.8) is 0 Å². The van der Waals surface area contributed by atoms with E-state index >= 15 is 0 Å². The number of benzene rings is 1. The summed E-state index contributed by atoms with van der Waals surface area (Å²) in [7, 11) is 0. The summed E-state index contributed by atoms with van der Waals surface area (Å²) in [6.07, 6.45) is 2.51. The molecule has 0 aliphatic carbocycles. The van der Waals surface area contributed by atoms with Gasteiger partial charge in [-0.15, -0.1) is 0 Å². The highest BCUT2D eigenvalue weighted by atomic mass is 19.2. The number of hydrogen-bond donors (Lipinski definition) is 2. The maximum absolute atomic E-state index is 13.9. The number of hydrogen-bond acceptors (Lipinski definition) is 3. The van der Waals surface area contributed by atoms with Crippen molar-refractivity contribution in [2.45, 2.75) is 37.8 Å². The van der Waals surface area contributed by atoms with Crippen LogP contribution in [-0.2, 0) is 4.74 Å². The molecule has 6 heteroatoms. The number of halogens is 3. The summed E-state index contributed by atoms with van der Waals surface area (Å²) in [6, 6.07) is 1.36. The van der Waals surface area contributed by atoms with Gasteiger partial charge in [0.05, 0.1) is 11.6 Å². The average Bonchev–Trinajstić information content (AvgIpc) is 2.40. The Kier molecular flexibility index (Phi) is 4.13. The molecule has 1 fully saturated rings. The maximum Gasteiger partial charge on any atom is 0.194 e. The number of hydrazine groups is 1. The monoisotopic (exact) mass is 274 g/mol. The Morgan fingerprint density at radius 1 is 1.26 bits per heavy atom. The Balaban J connectivity index is 2.39. The first-order valence-corrected chi connectivity index (χ1v) is 6.23. The van der Waals surface area contributed by atoms with Crippen molar-refractivity contribution in [3.05, 3.63) is 35.1 Å². The van der Waals surface area contributed by atoms with Gasteiger partial charge in [-0.3, -0.25) is 5.84 Å². The number of ether oxygens (including phenoxy) is 1. The van der Waals surface area contributed by atoms with Crippen molar-refractivity contribution in [1.82, 2.24) is 5.43 Å². The van der Waals surface area contributed by atoms with E-state index in [1.165, 1.54) is 6.07 Å². The Labute approximate surface area is 109 Å². The molecule has 3 nitrogen and oxygen atoms in total. The normalized spacial score (nSPS) is 25.3. The Morgan fingerprint density at radius 2 is 2.00 bits per heavy atom. The minimum atomic E-state index is -1.49. The fourth-order valence-electron chi connectivity index (χ4n) is 2.54. The molecule has 1 saturated heterocycles. The molecule has 0 aromatic heterocycles. The first-order valence-electron chi connectivity index (χ1n) is 6.23. The minimum Gasteiger partial charge on any atom is -0.373 e. The molecule has 1 aromatic rings. The van der Waals surface area contributed by atoms with E-state index in [9.17, 15) is 13.2 Å². The molecule has 106 valence electrons. The van der Waals surface area contributed by atoms with Gasteiger partial charge in [0.25, 0.3) is 0 Å². The second-order valence-electron chi connectivity index (χ2n) is 4.98. The third kappa shape index (κ3) is 2.61. The van der Waals surface area contributed by atoms with Crippen LogP contribution in [0.1, 0.15) is 37.8 Å². The average molecular weight is 274 g/mol. The molecule has 1 aliphatic rings. The molecule has 0 radical (unpaired) electrons. The van der Waals surface area contributed by atoms with E-state index in [1.54, 1.807) is 6.92 Å². The van der Waals surface area contributed by atoms with E-state index in [-0.39, 0.29) is 5.56 Å². The van der Waals surface area contributed by atoms with Crippen molar-refractivity contribution in [2.75, 3.05) is 6.61 Å². The lowest BCUT2D eigenvalue weighted by molar-refractivity contribution is -0.0906. The van der Waals surface area contributed by atoms with Gasteiger partial charge in [0.1, 0.15) is 0 Å². The molecular weight excluding hydrogens is 257 g/mol. The molecule has 19 heavy (non-hydrogen) atoms. The molecule has 0 spiro atoms. The SMILES string of the molecule is CC1(C(NN)c2ccc(F)c(F)c2F)CCCCO1. The van der Waals surface area contributed by atoms with E-state index < -0.39 is 29.1 Å². The zero-order valence-electron chi connectivity index (χ0n) is 10.7. The van der Waals surface area contributed by atoms with E-state index in [2.05, 4.69) is 5.43 Å². The number of rotatable bonds is 3. The van der Waals surface area contributed by atoms with Gasteiger partial charge in [-0.05, 0) is 32.3 Å². The summed E-state index contributed by atoms with van der Waals surface area (Å²) in [4.78, 5) is 0. The molecular formula is C13H17F3N2O. The van der Waals surface area contributed by atoms with Crippen LogP contribution in [0.2, 0.25) is 0 Å². The summed E-state index contributed by atoms with van der Waals surface area (Å²) in [5.74, 6) is 1.54. The van der Waals surface area contributed by atoms with Crippen molar-refractivity contribution < 1.29 is 17.9 Å². The lowest BCUT2D eigenvalue weighted by Gasteiger charge is -2.40. The largest absolute Gasteiger partial charge is 0.373 e. The molecule has 1 heterocycles. The maximum atomic E-state index is 13.9. The summed E-state index contributed by atoms with van der Waals surface area (Å²) in [5.41, 5.74) is 1.70. The van der Waals surface area contributed by atoms with Crippen molar-refractivity contribution in [2.24, 2.45) is 5.84 Å². The lowest BCUT2D eigenvalue weighted by atomic mass is 9.84. The smallest absolute Gasteiger partial charge is 0.194 e. The van der Waals surface area contributed by atoms with Gasteiger partial charge < -0.3 is 4.74 Å². The number of nitrogens with one attached hydrogen (secondary N) is 1. The second-order valence-corrected chi connectivity index (χ2v) is 4.98. The first kappa shape index (κ1) is 14.3. The van der Waals surface area contributed by atoms with Crippen LogP contribution in [0.5, 0.6) is 0 Å². The zero-order chi connectivity index (χ0) is 14.0. The topological polar surface area (TPSA) is 47.3 Å². The molecule has 1 aromatic carbocycles.